The minimum absolute atomic E-state index is 0.0946. The molecule has 0 aromatic heterocycles. The number of hydrogen-bond donors (Lipinski definition) is 3. The SMILES string of the molecule is CC[C@@H](C[C@@H]1N[C@H](C(=O)NCC(=O)O)[C@@H]([C@@H](OCc2ccccc2)[C@@H](C)CC)[C@@H]1[N+](=O)[O-])OCc1ccccc1. The molecule has 1 amide bonds. The number of carboxylic acids is 1. The number of aliphatic carboxylic acids is 1. The Morgan fingerprint density at radius 2 is 1.57 bits per heavy atom. The van der Waals surface area contributed by atoms with Crippen LogP contribution in [0.5, 0.6) is 0 Å². The third-order valence-corrected chi connectivity index (χ3v) is 7.70. The second-order valence-corrected chi connectivity index (χ2v) is 10.4. The van der Waals surface area contributed by atoms with E-state index in [1.54, 1.807) is 0 Å². The van der Waals surface area contributed by atoms with Gasteiger partial charge in [0.25, 0.3) is 0 Å². The molecule has 1 aliphatic rings. The lowest BCUT2D eigenvalue weighted by Crippen LogP contribution is -2.51. The van der Waals surface area contributed by atoms with E-state index in [-0.39, 0.29) is 23.6 Å². The lowest BCUT2D eigenvalue weighted by atomic mass is 9.80. The first-order chi connectivity index (χ1) is 19.2. The van der Waals surface area contributed by atoms with Crippen molar-refractivity contribution in [1.82, 2.24) is 10.6 Å². The van der Waals surface area contributed by atoms with Crippen LogP contribution in [0.25, 0.3) is 0 Å². The zero-order chi connectivity index (χ0) is 29.1. The molecule has 1 saturated heterocycles. The summed E-state index contributed by atoms with van der Waals surface area (Å²) < 4.78 is 12.5. The number of carboxylic acid groups (broad SMARTS) is 1. The number of carbonyl (C=O) groups is 2. The van der Waals surface area contributed by atoms with Gasteiger partial charge in [0.2, 0.25) is 11.9 Å². The maximum absolute atomic E-state index is 13.3. The Hall–Kier alpha value is -3.34. The Balaban J connectivity index is 1.88. The van der Waals surface area contributed by atoms with Gasteiger partial charge in [0.05, 0.1) is 43.4 Å². The van der Waals surface area contributed by atoms with Gasteiger partial charge in [0.15, 0.2) is 0 Å². The molecule has 218 valence electrons. The highest BCUT2D eigenvalue weighted by Crippen LogP contribution is 2.36. The van der Waals surface area contributed by atoms with Gasteiger partial charge in [-0.1, -0.05) is 87.9 Å². The van der Waals surface area contributed by atoms with Gasteiger partial charge >= 0.3 is 5.97 Å². The topological polar surface area (TPSA) is 140 Å². The van der Waals surface area contributed by atoms with Gasteiger partial charge in [-0.3, -0.25) is 25.0 Å². The number of hydrogen-bond acceptors (Lipinski definition) is 7. The van der Waals surface area contributed by atoms with Crippen molar-refractivity contribution in [2.45, 2.75) is 83.6 Å². The van der Waals surface area contributed by atoms with E-state index in [2.05, 4.69) is 10.6 Å². The Labute approximate surface area is 235 Å². The molecule has 0 saturated carbocycles. The number of nitrogens with zero attached hydrogens (tertiary/aromatic N) is 1. The fourth-order valence-corrected chi connectivity index (χ4v) is 5.39. The molecule has 2 aromatic carbocycles. The van der Waals surface area contributed by atoms with Crippen LogP contribution in [0.2, 0.25) is 0 Å². The summed E-state index contributed by atoms with van der Waals surface area (Å²) in [6, 6.07) is 16.4. The van der Waals surface area contributed by atoms with E-state index in [1.165, 1.54) is 0 Å². The molecule has 1 fully saturated rings. The monoisotopic (exact) mass is 555 g/mol. The smallest absolute Gasteiger partial charge is 0.322 e. The molecular formula is C30H41N3O7. The normalized spacial score (nSPS) is 22.8. The van der Waals surface area contributed by atoms with E-state index in [4.69, 9.17) is 14.6 Å². The van der Waals surface area contributed by atoms with E-state index in [9.17, 15) is 19.7 Å². The summed E-state index contributed by atoms with van der Waals surface area (Å²) in [5.41, 5.74) is 1.92. The van der Waals surface area contributed by atoms with Gasteiger partial charge in [-0.15, -0.1) is 0 Å². The summed E-state index contributed by atoms with van der Waals surface area (Å²) in [5, 5.41) is 27.4. The highest BCUT2D eigenvalue weighted by molar-refractivity contribution is 5.86. The van der Waals surface area contributed by atoms with Crippen LogP contribution in [-0.4, -0.2) is 58.8 Å². The van der Waals surface area contributed by atoms with Crippen LogP contribution in [0.1, 0.15) is 51.2 Å². The third-order valence-electron chi connectivity index (χ3n) is 7.70. The van der Waals surface area contributed by atoms with E-state index < -0.39 is 48.6 Å². The van der Waals surface area contributed by atoms with Crippen LogP contribution in [-0.2, 0) is 32.3 Å². The van der Waals surface area contributed by atoms with Crippen molar-refractivity contribution in [2.75, 3.05) is 6.54 Å². The highest BCUT2D eigenvalue weighted by atomic mass is 16.6. The lowest BCUT2D eigenvalue weighted by molar-refractivity contribution is -0.534. The second kappa shape index (κ2) is 15.4. The van der Waals surface area contributed by atoms with Gasteiger partial charge in [0.1, 0.15) is 6.54 Å². The molecule has 40 heavy (non-hydrogen) atoms. The number of nitrogens with one attached hydrogen (secondary N) is 2. The highest BCUT2D eigenvalue weighted by Gasteiger charge is 2.57. The van der Waals surface area contributed by atoms with Crippen LogP contribution >= 0.6 is 0 Å². The zero-order valence-corrected chi connectivity index (χ0v) is 23.4. The molecule has 10 nitrogen and oxygen atoms in total. The van der Waals surface area contributed by atoms with Gasteiger partial charge in [-0.25, -0.2) is 0 Å². The van der Waals surface area contributed by atoms with Crippen molar-refractivity contribution in [1.29, 1.82) is 0 Å². The largest absolute Gasteiger partial charge is 0.480 e. The Morgan fingerprint density at radius 3 is 2.08 bits per heavy atom. The average molecular weight is 556 g/mol. The summed E-state index contributed by atoms with van der Waals surface area (Å²) in [6.07, 6.45) is 0.736. The molecule has 0 radical (unpaired) electrons. The van der Waals surface area contributed by atoms with E-state index in [1.807, 2.05) is 81.4 Å². The van der Waals surface area contributed by atoms with Crippen LogP contribution < -0.4 is 10.6 Å². The quantitative estimate of drug-likeness (QED) is 0.210. The number of nitro groups is 1. The number of rotatable bonds is 16. The van der Waals surface area contributed by atoms with Gasteiger partial charge in [-0.2, -0.15) is 0 Å². The molecule has 3 rings (SSSR count). The Morgan fingerprint density at radius 1 is 1.00 bits per heavy atom. The van der Waals surface area contributed by atoms with E-state index >= 15 is 0 Å². The number of benzene rings is 2. The molecular weight excluding hydrogens is 514 g/mol. The molecule has 2 aromatic rings. The van der Waals surface area contributed by atoms with Crippen LogP contribution in [0.15, 0.2) is 60.7 Å². The zero-order valence-electron chi connectivity index (χ0n) is 23.4. The van der Waals surface area contributed by atoms with Crippen molar-refractivity contribution in [3.63, 3.8) is 0 Å². The third kappa shape index (κ3) is 8.58. The molecule has 0 unspecified atom stereocenters. The van der Waals surface area contributed by atoms with Crippen molar-refractivity contribution in [3.8, 4) is 0 Å². The van der Waals surface area contributed by atoms with Crippen molar-refractivity contribution in [3.05, 3.63) is 81.9 Å². The molecule has 0 spiro atoms. The van der Waals surface area contributed by atoms with Crippen LogP contribution in [0.3, 0.4) is 0 Å². The number of amides is 1. The molecule has 7 atom stereocenters. The summed E-state index contributed by atoms with van der Waals surface area (Å²) in [5.74, 6) is -2.69. The Kier molecular flexibility index (Phi) is 12.0. The standard InChI is InChI=1S/C30H41N3O7/c1-4-20(3)29(40-19-22-14-10-7-11-15-22)26-27(30(36)31-17-25(34)35)32-24(28(26)33(37)38)16-23(5-2)39-18-21-12-8-6-9-13-21/h6-15,20,23-24,26-29,32H,4-5,16-19H2,1-3H3,(H,31,36)(H,34,35)/t20-,23-,24-,26+,27-,28+,29-/m0/s1. The fourth-order valence-electron chi connectivity index (χ4n) is 5.39. The maximum atomic E-state index is 13.3. The minimum atomic E-state index is -1.19. The summed E-state index contributed by atoms with van der Waals surface area (Å²) >= 11 is 0. The molecule has 1 aliphatic heterocycles. The summed E-state index contributed by atoms with van der Waals surface area (Å²) in [7, 11) is 0. The van der Waals surface area contributed by atoms with E-state index in [0.29, 0.717) is 25.9 Å². The van der Waals surface area contributed by atoms with Crippen molar-refractivity contribution >= 4 is 11.9 Å². The first-order valence-corrected chi connectivity index (χ1v) is 13.9. The Bertz CT molecular complexity index is 1090. The van der Waals surface area contributed by atoms with Gasteiger partial charge < -0.3 is 19.9 Å². The fraction of sp³-hybridized carbons (Fsp3) is 0.533. The first kappa shape index (κ1) is 31.2. The average Bonchev–Trinajstić information content (AvgIpc) is 3.34. The predicted molar refractivity (Wildman–Crippen MR) is 150 cm³/mol. The van der Waals surface area contributed by atoms with Crippen LogP contribution in [0.4, 0.5) is 0 Å². The van der Waals surface area contributed by atoms with Gasteiger partial charge in [0, 0.05) is 4.92 Å². The van der Waals surface area contributed by atoms with E-state index in [0.717, 1.165) is 11.1 Å². The summed E-state index contributed by atoms with van der Waals surface area (Å²) in [6.45, 7) is 5.94. The van der Waals surface area contributed by atoms with Gasteiger partial charge in [-0.05, 0) is 29.9 Å². The van der Waals surface area contributed by atoms with Crippen molar-refractivity contribution < 1.29 is 29.1 Å². The maximum Gasteiger partial charge on any atom is 0.322 e. The predicted octanol–water partition coefficient (Wildman–Crippen LogP) is 3.81. The molecule has 1 heterocycles. The number of carbonyl (C=O) groups excluding carboxylic acids is 1. The molecule has 10 heteroatoms. The molecule has 0 aliphatic carbocycles. The summed E-state index contributed by atoms with van der Waals surface area (Å²) in [4.78, 5) is 36.8. The van der Waals surface area contributed by atoms with Crippen molar-refractivity contribution in [2.24, 2.45) is 11.8 Å². The second-order valence-electron chi connectivity index (χ2n) is 10.4. The number of ether oxygens (including phenoxy) is 2. The molecule has 3 N–H and O–H groups in total. The molecule has 0 bridgehead atoms. The van der Waals surface area contributed by atoms with Crippen LogP contribution in [0, 0.1) is 22.0 Å². The lowest BCUT2D eigenvalue weighted by Gasteiger charge is -2.32. The first-order valence-electron chi connectivity index (χ1n) is 13.9. The minimum Gasteiger partial charge on any atom is -0.480 e.